The maximum atomic E-state index is 14.9. The average molecular weight is 576 g/mol. The van der Waals surface area contributed by atoms with Crippen LogP contribution in [-0.4, -0.2) is 56.3 Å². The van der Waals surface area contributed by atoms with Crippen LogP contribution < -0.4 is 10.9 Å². The fourth-order valence-electron chi connectivity index (χ4n) is 4.32. The van der Waals surface area contributed by atoms with Gasteiger partial charge in [-0.05, 0) is 31.0 Å². The first-order valence-corrected chi connectivity index (χ1v) is 11.7. The number of H-pyrrole nitrogens is 1. The quantitative estimate of drug-likeness (QED) is 0.398. The van der Waals surface area contributed by atoms with Crippen LogP contribution in [0.4, 0.5) is 40.8 Å². The minimum Gasteiger partial charge on any atom is -0.381 e. The molecule has 40 heavy (non-hydrogen) atoms. The topological polar surface area (TPSA) is 104 Å². The highest BCUT2D eigenvalue weighted by Gasteiger charge is 2.38. The predicted octanol–water partition coefficient (Wildman–Crippen LogP) is 4.63. The Balaban J connectivity index is 1.43. The Labute approximate surface area is 220 Å². The van der Waals surface area contributed by atoms with E-state index >= 15 is 0 Å². The number of carbonyl (C=O) groups is 1. The van der Waals surface area contributed by atoms with Crippen LogP contribution in [0.2, 0.25) is 0 Å². The minimum atomic E-state index is -4.98. The van der Waals surface area contributed by atoms with E-state index in [1.807, 2.05) is 0 Å². The van der Waals surface area contributed by atoms with Gasteiger partial charge in [0.05, 0.1) is 29.6 Å². The maximum absolute atomic E-state index is 14.9. The Bertz CT molecular complexity index is 1460. The zero-order valence-corrected chi connectivity index (χ0v) is 20.5. The summed E-state index contributed by atoms with van der Waals surface area (Å²) in [7, 11) is 0. The maximum Gasteiger partial charge on any atom is 0.423 e. The van der Waals surface area contributed by atoms with Crippen molar-refractivity contribution in [2.24, 2.45) is 0 Å². The lowest BCUT2D eigenvalue weighted by molar-refractivity contribution is -0.139. The van der Waals surface area contributed by atoms with E-state index in [1.165, 1.54) is 13.0 Å². The molecule has 3 heterocycles. The van der Waals surface area contributed by atoms with E-state index in [1.54, 1.807) is 5.10 Å². The van der Waals surface area contributed by atoms with Crippen molar-refractivity contribution < 1.29 is 39.9 Å². The number of hydrogen-bond donors (Lipinski definition) is 2. The molecule has 1 aliphatic heterocycles. The molecule has 0 unspecified atom stereocenters. The number of aromatic amines is 1. The lowest BCUT2D eigenvalue weighted by Gasteiger charge is -2.30. The average Bonchev–Trinajstić information content (AvgIpc) is 2.84. The summed E-state index contributed by atoms with van der Waals surface area (Å²) >= 11 is 0. The van der Waals surface area contributed by atoms with Gasteiger partial charge in [0.15, 0.2) is 5.82 Å². The van der Waals surface area contributed by atoms with Crippen molar-refractivity contribution in [2.45, 2.75) is 44.3 Å². The van der Waals surface area contributed by atoms with Gasteiger partial charge in [0.2, 0.25) is 0 Å². The van der Waals surface area contributed by atoms with E-state index in [2.05, 4.69) is 20.4 Å². The molecule has 0 spiro atoms. The van der Waals surface area contributed by atoms with Gasteiger partial charge in [-0.3, -0.25) is 9.59 Å². The van der Waals surface area contributed by atoms with Crippen molar-refractivity contribution in [3.8, 4) is 11.4 Å². The van der Waals surface area contributed by atoms with Gasteiger partial charge >= 0.3 is 12.4 Å². The zero-order chi connectivity index (χ0) is 29.4. The van der Waals surface area contributed by atoms with E-state index in [9.17, 15) is 44.7 Å². The molecule has 2 N–H and O–H groups in total. The molecule has 1 aromatic carbocycles. The summed E-state index contributed by atoms with van der Waals surface area (Å²) in [4.78, 5) is 32.8. The number of benzene rings is 1. The molecule has 0 saturated heterocycles. The second-order valence-electron chi connectivity index (χ2n) is 9.15. The second kappa shape index (κ2) is 10.8. The first kappa shape index (κ1) is 28.9. The molecule has 2 aromatic heterocycles. The van der Waals surface area contributed by atoms with Crippen LogP contribution in [-0.2, 0) is 18.8 Å². The summed E-state index contributed by atoms with van der Waals surface area (Å²) < 4.78 is 108. The largest absolute Gasteiger partial charge is 0.423 e. The molecule has 0 fully saturated rings. The summed E-state index contributed by atoms with van der Waals surface area (Å²) in [6.07, 6.45) is -9.71. The van der Waals surface area contributed by atoms with Gasteiger partial charge < -0.3 is 10.2 Å². The lowest BCUT2D eigenvalue weighted by Crippen LogP contribution is -2.42. The number of anilines is 1. The first-order chi connectivity index (χ1) is 18.6. The fourth-order valence-corrected chi connectivity index (χ4v) is 4.32. The van der Waals surface area contributed by atoms with Crippen LogP contribution in [0.5, 0.6) is 0 Å². The summed E-state index contributed by atoms with van der Waals surface area (Å²) in [5.41, 5.74) is -4.60. The number of hydrogen-bond acceptors (Lipinski definition) is 6. The highest BCUT2D eigenvalue weighted by atomic mass is 19.4. The Hall–Kier alpha value is -4.11. The number of fused-ring (bicyclic) bond motifs is 1. The van der Waals surface area contributed by atoms with Gasteiger partial charge in [0.1, 0.15) is 17.6 Å². The number of alkyl halides is 7. The third-order valence-corrected chi connectivity index (χ3v) is 6.15. The van der Waals surface area contributed by atoms with Crippen molar-refractivity contribution in [1.82, 2.24) is 25.1 Å². The molecule has 214 valence electrons. The molecule has 4 rings (SSSR count). The molecule has 0 radical (unpaired) electrons. The Morgan fingerprint density at radius 3 is 2.33 bits per heavy atom. The van der Waals surface area contributed by atoms with Crippen LogP contribution in [0.25, 0.3) is 11.4 Å². The molecule has 1 amide bonds. The summed E-state index contributed by atoms with van der Waals surface area (Å²) in [6, 6.07) is 1.25. The predicted molar refractivity (Wildman–Crippen MR) is 124 cm³/mol. The number of aromatic nitrogens is 4. The van der Waals surface area contributed by atoms with Gasteiger partial charge in [0, 0.05) is 37.0 Å². The summed E-state index contributed by atoms with van der Waals surface area (Å²) in [6.45, 7) is 0.986. The van der Waals surface area contributed by atoms with Crippen molar-refractivity contribution >= 4 is 11.6 Å². The van der Waals surface area contributed by atoms with Crippen molar-refractivity contribution in [3.63, 3.8) is 0 Å². The van der Waals surface area contributed by atoms with Gasteiger partial charge in [-0.2, -0.15) is 31.4 Å². The van der Waals surface area contributed by atoms with Crippen LogP contribution in [0, 0.1) is 5.82 Å². The van der Waals surface area contributed by atoms with E-state index < -0.39 is 65.2 Å². The van der Waals surface area contributed by atoms with Crippen molar-refractivity contribution in [2.75, 3.05) is 18.4 Å². The highest BCUT2D eigenvalue weighted by molar-refractivity contribution is 5.97. The number of nitrogens with zero attached hydrogens (tertiary/aromatic N) is 4. The standard InChI is InChI=1S/C24H20F8N6O2/c1-11(36-18-9-35-37-21(39)19(18)24(30,31)32)4-14(25)10-38-3-2-12-5-16(17(26)6-15(12)22(38)40)20-33-7-13(8-34-20)23(27,28)29/h5-9,11,14H,2-4,10H2,1H3,(H2,36,37,39)/t11-,14+/m1/s1. The zero-order valence-electron chi connectivity index (χ0n) is 20.5. The Kier molecular flexibility index (Phi) is 7.81. The van der Waals surface area contributed by atoms with E-state index in [4.69, 9.17) is 0 Å². The normalized spacial score (nSPS) is 15.5. The van der Waals surface area contributed by atoms with Gasteiger partial charge in [-0.1, -0.05) is 0 Å². The van der Waals surface area contributed by atoms with Crippen molar-refractivity contribution in [1.29, 1.82) is 0 Å². The Morgan fingerprint density at radius 2 is 1.70 bits per heavy atom. The van der Waals surface area contributed by atoms with Gasteiger partial charge in [0.25, 0.3) is 11.5 Å². The van der Waals surface area contributed by atoms with Gasteiger partial charge in [-0.25, -0.2) is 23.8 Å². The van der Waals surface area contributed by atoms with Gasteiger partial charge in [-0.15, -0.1) is 0 Å². The number of halogens is 8. The highest BCUT2D eigenvalue weighted by Crippen LogP contribution is 2.33. The number of amides is 1. The lowest BCUT2D eigenvalue weighted by atomic mass is 9.95. The van der Waals surface area contributed by atoms with E-state index in [-0.39, 0.29) is 36.3 Å². The van der Waals surface area contributed by atoms with Crippen LogP contribution >= 0.6 is 0 Å². The molecule has 1 aliphatic rings. The minimum absolute atomic E-state index is 0.0310. The third kappa shape index (κ3) is 6.20. The SMILES string of the molecule is C[C@H](C[C@H](F)CN1CCc2cc(-c3ncc(C(F)(F)F)cn3)c(F)cc2C1=O)Nc1cn[nH]c(=O)c1C(F)(F)F. The number of nitrogens with one attached hydrogen (secondary N) is 2. The molecular weight excluding hydrogens is 556 g/mol. The fraction of sp³-hybridized carbons (Fsp3) is 0.375. The van der Waals surface area contributed by atoms with Crippen LogP contribution in [0.3, 0.4) is 0 Å². The molecule has 16 heteroatoms. The Morgan fingerprint density at radius 1 is 1.02 bits per heavy atom. The summed E-state index contributed by atoms with van der Waals surface area (Å²) in [5.74, 6) is -1.96. The van der Waals surface area contributed by atoms with Crippen LogP contribution in [0.1, 0.15) is 40.4 Å². The molecular formula is C24H20F8N6O2. The summed E-state index contributed by atoms with van der Waals surface area (Å²) in [5, 5.41) is 7.45. The van der Waals surface area contributed by atoms with Crippen molar-refractivity contribution in [3.05, 3.63) is 69.1 Å². The monoisotopic (exact) mass is 576 g/mol. The number of carbonyl (C=O) groups excluding carboxylic acids is 1. The molecule has 0 saturated carbocycles. The van der Waals surface area contributed by atoms with E-state index in [0.29, 0.717) is 18.0 Å². The first-order valence-electron chi connectivity index (χ1n) is 11.7. The van der Waals surface area contributed by atoms with Crippen LogP contribution in [0.15, 0.2) is 35.5 Å². The molecule has 3 aromatic rings. The second-order valence-corrected chi connectivity index (χ2v) is 9.15. The third-order valence-electron chi connectivity index (χ3n) is 6.15. The van der Waals surface area contributed by atoms with E-state index in [0.717, 1.165) is 17.2 Å². The molecule has 2 atom stereocenters. The molecule has 0 bridgehead atoms. The molecule has 8 nitrogen and oxygen atoms in total. The smallest absolute Gasteiger partial charge is 0.381 e. The number of rotatable bonds is 7. The molecule has 0 aliphatic carbocycles.